The number of carbonyl (C=O) groups is 2. The largest absolute Gasteiger partial charge is 0.340 e. The van der Waals surface area contributed by atoms with E-state index in [4.69, 9.17) is 16.6 Å². The number of hydrogen-bond donors (Lipinski definition) is 1. The van der Waals surface area contributed by atoms with E-state index >= 15 is 0 Å². The first kappa shape index (κ1) is 24.7. The maximum atomic E-state index is 13.5. The quantitative estimate of drug-likeness (QED) is 0.477. The van der Waals surface area contributed by atoms with Gasteiger partial charge in [0.25, 0.3) is 5.91 Å². The number of nitrogens with zero attached hydrogens (tertiary/aromatic N) is 3. The van der Waals surface area contributed by atoms with Crippen LogP contribution in [0.3, 0.4) is 0 Å². The average molecular weight is 521 g/mol. The topological polar surface area (TPSA) is 65.5 Å². The summed E-state index contributed by atoms with van der Waals surface area (Å²) in [5, 5.41) is 4.03. The number of benzene rings is 2. The van der Waals surface area contributed by atoms with Gasteiger partial charge in [-0.2, -0.15) is 0 Å². The molecule has 0 saturated carbocycles. The number of amides is 2. The van der Waals surface area contributed by atoms with Gasteiger partial charge >= 0.3 is 0 Å². The van der Waals surface area contributed by atoms with Crippen LogP contribution in [0.25, 0.3) is 6.08 Å². The minimum absolute atomic E-state index is 0.163. The lowest BCUT2D eigenvalue weighted by Crippen LogP contribution is -2.50. The summed E-state index contributed by atoms with van der Waals surface area (Å²) >= 11 is 7.41. The Hall–Kier alpha value is -3.00. The highest BCUT2D eigenvalue weighted by Crippen LogP contribution is 2.38. The van der Waals surface area contributed by atoms with E-state index in [1.54, 1.807) is 24.3 Å². The molecule has 5 rings (SSSR count). The molecule has 1 aliphatic heterocycles. The molecule has 3 aromatic rings. The molecule has 1 saturated heterocycles. The van der Waals surface area contributed by atoms with Crippen molar-refractivity contribution in [3.63, 3.8) is 0 Å². The van der Waals surface area contributed by atoms with E-state index in [-0.39, 0.29) is 17.7 Å². The predicted molar refractivity (Wildman–Crippen MR) is 146 cm³/mol. The number of anilines is 1. The number of piperazine rings is 1. The van der Waals surface area contributed by atoms with Gasteiger partial charge in [0.15, 0.2) is 5.13 Å². The highest BCUT2D eigenvalue weighted by molar-refractivity contribution is 7.16. The van der Waals surface area contributed by atoms with Crippen molar-refractivity contribution in [2.75, 3.05) is 38.0 Å². The zero-order valence-electron chi connectivity index (χ0n) is 20.0. The van der Waals surface area contributed by atoms with Gasteiger partial charge in [0.2, 0.25) is 5.91 Å². The van der Waals surface area contributed by atoms with Crippen LogP contribution in [0.15, 0.2) is 60.7 Å². The molecule has 1 aliphatic carbocycles. The minimum atomic E-state index is -0.226. The first-order valence-corrected chi connectivity index (χ1v) is 13.6. The smallest absolute Gasteiger partial charge is 0.257 e. The number of aryl methyl sites for hydroxylation is 1. The molecule has 36 heavy (non-hydrogen) atoms. The Morgan fingerprint density at radius 2 is 1.81 bits per heavy atom. The molecule has 1 unspecified atom stereocenters. The first-order chi connectivity index (χ1) is 17.6. The van der Waals surface area contributed by atoms with E-state index < -0.39 is 0 Å². The van der Waals surface area contributed by atoms with Crippen molar-refractivity contribution in [2.45, 2.75) is 25.2 Å². The fourth-order valence-corrected chi connectivity index (χ4v) is 5.94. The van der Waals surface area contributed by atoms with Gasteiger partial charge in [-0.25, -0.2) is 4.98 Å². The molecule has 0 spiro atoms. The predicted octanol–water partition coefficient (Wildman–Crippen LogP) is 5.33. The van der Waals surface area contributed by atoms with Crippen LogP contribution in [0.1, 0.15) is 45.3 Å². The van der Waals surface area contributed by atoms with Gasteiger partial charge in [0, 0.05) is 48.2 Å². The van der Waals surface area contributed by atoms with Crippen LogP contribution in [0.5, 0.6) is 0 Å². The molecule has 1 fully saturated rings. The molecule has 1 N–H and O–H groups in total. The summed E-state index contributed by atoms with van der Waals surface area (Å²) in [7, 11) is 0. The molecule has 2 amide bonds. The molecular weight excluding hydrogens is 492 g/mol. The summed E-state index contributed by atoms with van der Waals surface area (Å²) in [5.74, 6) is -0.287. The summed E-state index contributed by atoms with van der Waals surface area (Å²) in [6, 6.07) is 17.1. The van der Waals surface area contributed by atoms with Crippen molar-refractivity contribution in [2.24, 2.45) is 0 Å². The van der Waals surface area contributed by atoms with Crippen molar-refractivity contribution in [1.82, 2.24) is 14.8 Å². The fourth-order valence-electron chi connectivity index (χ4n) is 4.76. The summed E-state index contributed by atoms with van der Waals surface area (Å²) in [5.41, 5.74) is 2.57. The van der Waals surface area contributed by atoms with Crippen molar-refractivity contribution in [3.8, 4) is 0 Å². The Kier molecular flexibility index (Phi) is 7.80. The van der Waals surface area contributed by atoms with E-state index in [1.807, 2.05) is 23.1 Å². The van der Waals surface area contributed by atoms with Crippen LogP contribution in [0.4, 0.5) is 5.13 Å². The Morgan fingerprint density at radius 1 is 1.06 bits per heavy atom. The molecule has 186 valence electrons. The summed E-state index contributed by atoms with van der Waals surface area (Å²) in [6.45, 7) is 4.07. The highest BCUT2D eigenvalue weighted by Gasteiger charge is 2.34. The number of fused-ring (bicyclic) bond motifs is 1. The maximum absolute atomic E-state index is 13.5. The van der Waals surface area contributed by atoms with Crippen LogP contribution in [-0.2, 0) is 11.2 Å². The Balaban J connectivity index is 1.17. The molecule has 0 radical (unpaired) electrons. The number of aromatic nitrogens is 1. The molecular formula is C28H29ClN4O2S. The zero-order chi connectivity index (χ0) is 24.9. The summed E-state index contributed by atoms with van der Waals surface area (Å²) < 4.78 is 0. The fraction of sp³-hybridized carbons (Fsp3) is 0.321. The molecule has 2 heterocycles. The second kappa shape index (κ2) is 11.4. The first-order valence-electron chi connectivity index (χ1n) is 12.4. The van der Waals surface area contributed by atoms with E-state index in [0.717, 1.165) is 62.6 Å². The van der Waals surface area contributed by atoms with Crippen LogP contribution in [-0.4, -0.2) is 59.3 Å². The van der Waals surface area contributed by atoms with Crippen molar-refractivity contribution >= 4 is 46.0 Å². The summed E-state index contributed by atoms with van der Waals surface area (Å²) in [4.78, 5) is 36.3. The number of thiazole rings is 1. The lowest BCUT2D eigenvalue weighted by Gasteiger charge is -2.36. The van der Waals surface area contributed by atoms with Gasteiger partial charge < -0.3 is 4.90 Å². The number of carbonyl (C=O) groups excluding carboxylic acids is 2. The lowest BCUT2D eigenvalue weighted by molar-refractivity contribution is -0.134. The van der Waals surface area contributed by atoms with E-state index in [9.17, 15) is 9.59 Å². The monoisotopic (exact) mass is 520 g/mol. The van der Waals surface area contributed by atoms with Gasteiger partial charge in [-0.15, -0.1) is 11.3 Å². The van der Waals surface area contributed by atoms with Gasteiger partial charge in [-0.05, 0) is 49.1 Å². The van der Waals surface area contributed by atoms with Gasteiger partial charge in [0.05, 0.1) is 11.6 Å². The third kappa shape index (κ3) is 5.86. The molecule has 8 heteroatoms. The molecule has 2 aliphatic rings. The number of hydrogen-bond acceptors (Lipinski definition) is 5. The van der Waals surface area contributed by atoms with E-state index in [1.165, 1.54) is 16.9 Å². The molecule has 0 bridgehead atoms. The Bertz CT molecular complexity index is 1230. The van der Waals surface area contributed by atoms with E-state index in [0.29, 0.717) is 15.7 Å². The lowest BCUT2D eigenvalue weighted by atomic mass is 9.89. The summed E-state index contributed by atoms with van der Waals surface area (Å²) in [6.07, 6.45) is 7.00. The normalized spacial score (nSPS) is 18.2. The van der Waals surface area contributed by atoms with Crippen LogP contribution < -0.4 is 5.32 Å². The molecule has 2 aromatic carbocycles. The van der Waals surface area contributed by atoms with Crippen molar-refractivity contribution in [1.29, 1.82) is 0 Å². The van der Waals surface area contributed by atoms with Crippen LogP contribution in [0.2, 0.25) is 5.02 Å². The minimum Gasteiger partial charge on any atom is -0.340 e. The SMILES string of the molecule is O=C(Nc1nc2c(s1)CCCC2C(=O)N1CCN(C/C=C/c2ccccc2)CC1)c1ccc(Cl)cc1. The molecule has 6 nitrogen and oxygen atoms in total. The van der Waals surface area contributed by atoms with Gasteiger partial charge in [0.1, 0.15) is 0 Å². The van der Waals surface area contributed by atoms with E-state index in [2.05, 4.69) is 34.5 Å². The Morgan fingerprint density at radius 3 is 2.56 bits per heavy atom. The van der Waals surface area contributed by atoms with Gasteiger partial charge in [-0.3, -0.25) is 19.8 Å². The standard InChI is InChI=1S/C28H29ClN4O2S/c29-22-13-11-21(12-14-22)26(34)31-28-30-25-23(9-4-10-24(25)36-28)27(35)33-18-16-32(17-19-33)15-5-8-20-6-2-1-3-7-20/h1-3,5-8,11-14,23H,4,9-10,15-19H2,(H,30,31,34)/b8-5+. The second-order valence-electron chi connectivity index (χ2n) is 9.17. The number of halogens is 1. The number of nitrogens with one attached hydrogen (secondary N) is 1. The van der Waals surface area contributed by atoms with Crippen molar-refractivity contribution in [3.05, 3.63) is 87.4 Å². The number of rotatable bonds is 6. The Labute approximate surface area is 220 Å². The second-order valence-corrected chi connectivity index (χ2v) is 10.7. The van der Waals surface area contributed by atoms with Crippen LogP contribution >= 0.6 is 22.9 Å². The molecule has 1 atom stereocenters. The zero-order valence-corrected chi connectivity index (χ0v) is 21.6. The third-order valence-electron chi connectivity index (χ3n) is 6.74. The van der Waals surface area contributed by atoms with Crippen LogP contribution in [0, 0.1) is 0 Å². The molecule has 1 aromatic heterocycles. The third-order valence-corrected chi connectivity index (χ3v) is 8.04. The van der Waals surface area contributed by atoms with Gasteiger partial charge in [-0.1, -0.05) is 54.1 Å². The average Bonchev–Trinajstić information content (AvgIpc) is 3.32. The maximum Gasteiger partial charge on any atom is 0.257 e. The van der Waals surface area contributed by atoms with Crippen molar-refractivity contribution < 1.29 is 9.59 Å². The highest BCUT2D eigenvalue weighted by atomic mass is 35.5.